The van der Waals surface area contributed by atoms with Crippen molar-refractivity contribution in [3.63, 3.8) is 0 Å². The van der Waals surface area contributed by atoms with E-state index in [2.05, 4.69) is 15.3 Å². The Labute approximate surface area is 154 Å². The largest absolute Gasteiger partial charge is 0.417 e. The first-order valence-electron chi connectivity index (χ1n) is 7.75. The molecule has 138 valence electrons. The van der Waals surface area contributed by atoms with Crippen LogP contribution < -0.4 is 0 Å². The maximum atomic E-state index is 13.3. The summed E-state index contributed by atoms with van der Waals surface area (Å²) in [7, 11) is 0. The first-order valence-corrected chi connectivity index (χ1v) is 8.74. The molecule has 27 heavy (non-hydrogen) atoms. The summed E-state index contributed by atoms with van der Waals surface area (Å²) in [5, 5.41) is 12.5. The van der Waals surface area contributed by atoms with E-state index in [-0.39, 0.29) is 5.82 Å². The van der Waals surface area contributed by atoms with Gasteiger partial charge in [-0.05, 0) is 36.4 Å². The fraction of sp³-hybridized carbons (Fsp3) is 0.118. The van der Waals surface area contributed by atoms with Crippen LogP contribution in [-0.4, -0.2) is 24.4 Å². The fourth-order valence-electron chi connectivity index (χ4n) is 2.48. The molecule has 4 aromatic rings. The smallest absolute Gasteiger partial charge is 0.277 e. The van der Waals surface area contributed by atoms with E-state index >= 15 is 0 Å². The molecule has 0 fully saturated rings. The third kappa shape index (κ3) is 3.65. The van der Waals surface area contributed by atoms with Crippen molar-refractivity contribution in [2.24, 2.45) is 0 Å². The maximum absolute atomic E-state index is 13.3. The number of alkyl halides is 3. The highest BCUT2D eigenvalue weighted by Gasteiger charge is 2.31. The molecule has 0 unspecified atom stereocenters. The zero-order chi connectivity index (χ0) is 19.0. The Bertz CT molecular complexity index is 1100. The summed E-state index contributed by atoms with van der Waals surface area (Å²) in [5.41, 5.74) is 0.810. The van der Waals surface area contributed by atoms with Crippen LogP contribution in [0, 0.1) is 5.82 Å². The van der Waals surface area contributed by atoms with Crippen molar-refractivity contribution < 1.29 is 17.6 Å². The van der Waals surface area contributed by atoms with Crippen LogP contribution in [0.1, 0.15) is 11.3 Å². The average molecular weight is 393 g/mol. The molecule has 0 atom stereocenters. The van der Waals surface area contributed by atoms with Crippen molar-refractivity contribution in [2.75, 3.05) is 0 Å². The molecule has 3 aromatic heterocycles. The highest BCUT2D eigenvalue weighted by molar-refractivity contribution is 7.98. The third-order valence-corrected chi connectivity index (χ3v) is 4.74. The lowest BCUT2D eigenvalue weighted by Gasteiger charge is -2.07. The van der Waals surface area contributed by atoms with Gasteiger partial charge in [-0.15, -0.1) is 10.2 Å². The van der Waals surface area contributed by atoms with Crippen molar-refractivity contribution in [1.29, 1.82) is 0 Å². The fourth-order valence-corrected chi connectivity index (χ4v) is 3.29. The Balaban J connectivity index is 1.54. The minimum absolute atomic E-state index is 0.329. The highest BCUT2D eigenvalue weighted by atomic mass is 32.2. The first kappa shape index (κ1) is 17.5. The zero-order valence-corrected chi connectivity index (χ0v) is 14.4. The van der Waals surface area contributed by atoms with E-state index < -0.39 is 11.7 Å². The van der Waals surface area contributed by atoms with Gasteiger partial charge in [0.2, 0.25) is 0 Å². The first-order chi connectivity index (χ1) is 12.9. The van der Waals surface area contributed by atoms with E-state index in [1.165, 1.54) is 39.0 Å². The van der Waals surface area contributed by atoms with E-state index in [1.54, 1.807) is 24.4 Å². The summed E-state index contributed by atoms with van der Waals surface area (Å²) in [6.07, 6.45) is -1.78. The van der Waals surface area contributed by atoms with E-state index in [9.17, 15) is 17.6 Å². The van der Waals surface area contributed by atoms with E-state index in [0.717, 1.165) is 12.3 Å². The molecular formula is C17H11F4N5S. The number of benzene rings is 1. The van der Waals surface area contributed by atoms with Gasteiger partial charge in [-0.1, -0.05) is 17.8 Å². The van der Waals surface area contributed by atoms with Gasteiger partial charge < -0.3 is 0 Å². The van der Waals surface area contributed by atoms with Gasteiger partial charge in [0.25, 0.3) is 0 Å². The van der Waals surface area contributed by atoms with Gasteiger partial charge in [0.1, 0.15) is 5.82 Å². The van der Waals surface area contributed by atoms with Gasteiger partial charge in [-0.2, -0.15) is 18.3 Å². The summed E-state index contributed by atoms with van der Waals surface area (Å²) in [6, 6.07) is 10.0. The second kappa shape index (κ2) is 6.69. The lowest BCUT2D eigenvalue weighted by Crippen LogP contribution is -2.06. The summed E-state index contributed by atoms with van der Waals surface area (Å²) in [4.78, 5) is 0. The van der Waals surface area contributed by atoms with E-state index in [1.807, 2.05) is 0 Å². The summed E-state index contributed by atoms with van der Waals surface area (Å²) in [5.74, 6) is 0.00799. The second-order valence-corrected chi connectivity index (χ2v) is 6.59. The standard InChI is InChI=1S/C17H11F4N5S/c18-12-2-1-3-14(8-12)26-7-6-13(24-26)10-27-16-23-22-15-5-4-11(9-25(15)16)17(19,20)21/h1-9H,10H2. The molecule has 0 saturated heterocycles. The average Bonchev–Trinajstić information content (AvgIpc) is 3.25. The number of fused-ring (bicyclic) bond motifs is 1. The minimum Gasteiger partial charge on any atom is -0.277 e. The van der Waals surface area contributed by atoms with Gasteiger partial charge in [-0.25, -0.2) is 9.07 Å². The lowest BCUT2D eigenvalue weighted by molar-refractivity contribution is -0.137. The Hall–Kier alpha value is -2.88. The monoisotopic (exact) mass is 393 g/mol. The maximum Gasteiger partial charge on any atom is 0.417 e. The van der Waals surface area contributed by atoms with Crippen LogP contribution in [0.25, 0.3) is 11.3 Å². The molecule has 10 heteroatoms. The van der Waals surface area contributed by atoms with Crippen molar-refractivity contribution in [1.82, 2.24) is 24.4 Å². The summed E-state index contributed by atoms with van der Waals surface area (Å²) < 4.78 is 54.8. The molecule has 0 aliphatic rings. The lowest BCUT2D eigenvalue weighted by atomic mass is 10.3. The van der Waals surface area contributed by atoms with Gasteiger partial charge in [-0.3, -0.25) is 4.40 Å². The number of nitrogens with zero attached hydrogens (tertiary/aromatic N) is 5. The molecule has 4 rings (SSSR count). The van der Waals surface area contributed by atoms with E-state index in [0.29, 0.717) is 27.9 Å². The van der Waals surface area contributed by atoms with Gasteiger partial charge >= 0.3 is 6.18 Å². The van der Waals surface area contributed by atoms with Gasteiger partial charge in [0.15, 0.2) is 10.8 Å². The van der Waals surface area contributed by atoms with Crippen LogP contribution >= 0.6 is 11.8 Å². The Morgan fingerprint density at radius 2 is 1.89 bits per heavy atom. The molecule has 1 aromatic carbocycles. The molecule has 0 N–H and O–H groups in total. The predicted molar refractivity (Wildman–Crippen MR) is 91.1 cm³/mol. The number of aromatic nitrogens is 5. The summed E-state index contributed by atoms with van der Waals surface area (Å²) in [6.45, 7) is 0. The second-order valence-electron chi connectivity index (χ2n) is 5.65. The van der Waals surface area contributed by atoms with Crippen molar-refractivity contribution >= 4 is 17.4 Å². The molecule has 0 bridgehead atoms. The van der Waals surface area contributed by atoms with Crippen LogP contribution in [0.15, 0.2) is 60.0 Å². The van der Waals surface area contributed by atoms with Crippen molar-refractivity contribution in [2.45, 2.75) is 17.1 Å². The zero-order valence-electron chi connectivity index (χ0n) is 13.6. The van der Waals surface area contributed by atoms with Crippen LogP contribution in [0.5, 0.6) is 0 Å². The molecule has 0 aliphatic carbocycles. The Kier molecular flexibility index (Phi) is 4.34. The molecule has 3 heterocycles. The topological polar surface area (TPSA) is 48.0 Å². The molecule has 0 amide bonds. The van der Waals surface area contributed by atoms with Crippen LogP contribution in [-0.2, 0) is 11.9 Å². The molecule has 0 saturated carbocycles. The Morgan fingerprint density at radius 1 is 1.04 bits per heavy atom. The molecule has 0 aliphatic heterocycles. The van der Waals surface area contributed by atoms with E-state index in [4.69, 9.17) is 0 Å². The number of halogens is 4. The van der Waals surface area contributed by atoms with Crippen molar-refractivity contribution in [3.8, 4) is 5.69 Å². The number of thioether (sulfide) groups is 1. The molecule has 5 nitrogen and oxygen atoms in total. The minimum atomic E-state index is -4.44. The number of hydrogen-bond acceptors (Lipinski definition) is 4. The molecule has 0 spiro atoms. The normalized spacial score (nSPS) is 12.0. The quantitative estimate of drug-likeness (QED) is 0.382. The van der Waals surface area contributed by atoms with Crippen LogP contribution in [0.4, 0.5) is 17.6 Å². The third-order valence-electron chi connectivity index (χ3n) is 3.76. The summed E-state index contributed by atoms with van der Waals surface area (Å²) >= 11 is 1.21. The number of rotatable bonds is 4. The van der Waals surface area contributed by atoms with Crippen LogP contribution in [0.2, 0.25) is 0 Å². The number of hydrogen-bond donors (Lipinski definition) is 0. The van der Waals surface area contributed by atoms with Gasteiger partial charge in [0, 0.05) is 18.1 Å². The number of pyridine rings is 1. The van der Waals surface area contributed by atoms with Crippen molar-refractivity contribution in [3.05, 3.63) is 71.9 Å². The Morgan fingerprint density at radius 3 is 2.67 bits per heavy atom. The predicted octanol–water partition coefficient (Wildman–Crippen LogP) is 4.37. The van der Waals surface area contributed by atoms with Crippen LogP contribution in [0.3, 0.4) is 0 Å². The molecular weight excluding hydrogens is 382 g/mol. The highest BCUT2D eigenvalue weighted by Crippen LogP contribution is 2.30. The molecule has 0 radical (unpaired) electrons. The SMILES string of the molecule is Fc1cccc(-n2ccc(CSc3nnc4ccc(C(F)(F)F)cn34)n2)c1. The van der Waals surface area contributed by atoms with Gasteiger partial charge in [0.05, 0.1) is 16.9 Å².